The summed E-state index contributed by atoms with van der Waals surface area (Å²) in [6.45, 7) is 6.27. The number of hydrogen-bond donors (Lipinski definition) is 1. The van der Waals surface area contributed by atoms with Crippen LogP contribution in [0.3, 0.4) is 0 Å². The second-order valence-electron chi connectivity index (χ2n) is 5.27. The van der Waals surface area contributed by atoms with E-state index in [0.29, 0.717) is 19.4 Å². The topological polar surface area (TPSA) is 67.2 Å². The Hall–Kier alpha value is -1.37. The minimum atomic E-state index is -0.757. The van der Waals surface area contributed by atoms with Gasteiger partial charge in [0.15, 0.2) is 0 Å². The van der Waals surface area contributed by atoms with Crippen LogP contribution in [0.2, 0.25) is 0 Å². The number of halogens is 1. The van der Waals surface area contributed by atoms with E-state index in [0.717, 1.165) is 22.3 Å². The number of hydrogen-bond acceptors (Lipinski definition) is 3. The van der Waals surface area contributed by atoms with E-state index >= 15 is 0 Å². The highest BCUT2D eigenvalue weighted by Crippen LogP contribution is 2.32. The van der Waals surface area contributed by atoms with E-state index in [-0.39, 0.29) is 11.9 Å². The Kier molecular flexibility index (Phi) is 4.41. The van der Waals surface area contributed by atoms with Crippen LogP contribution >= 0.6 is 15.9 Å². The number of aryl methyl sites for hydroxylation is 2. The molecule has 0 atom stereocenters. The van der Waals surface area contributed by atoms with Crippen LogP contribution in [-0.2, 0) is 24.8 Å². The molecule has 0 saturated carbocycles. The van der Waals surface area contributed by atoms with E-state index in [4.69, 9.17) is 0 Å². The zero-order valence-corrected chi connectivity index (χ0v) is 14.5. The van der Waals surface area contributed by atoms with Crippen molar-refractivity contribution in [1.29, 1.82) is 0 Å². The predicted octanol–water partition coefficient (Wildman–Crippen LogP) is 2.36. The fraction of sp³-hybridized carbons (Fsp3) is 0.643. The summed E-state index contributed by atoms with van der Waals surface area (Å²) in [6.07, 6.45) is 2.00. The van der Waals surface area contributed by atoms with Crippen LogP contribution in [0.15, 0.2) is 4.47 Å². The van der Waals surface area contributed by atoms with Crippen molar-refractivity contribution in [2.75, 3.05) is 0 Å². The maximum atomic E-state index is 12.2. The third-order valence-electron chi connectivity index (χ3n) is 4.39. The van der Waals surface area contributed by atoms with Gasteiger partial charge in [-0.25, -0.2) is 4.79 Å². The van der Waals surface area contributed by atoms with Crippen LogP contribution in [0.1, 0.15) is 45.0 Å². The lowest BCUT2D eigenvalue weighted by atomic mass is 9.91. The van der Waals surface area contributed by atoms with Gasteiger partial charge >= 0.3 is 6.03 Å². The molecule has 1 aromatic rings. The molecule has 6 nitrogen and oxygen atoms in total. The van der Waals surface area contributed by atoms with Crippen molar-refractivity contribution in [1.82, 2.24) is 20.0 Å². The lowest BCUT2D eigenvalue weighted by Crippen LogP contribution is -2.48. The number of aromatic nitrogens is 2. The van der Waals surface area contributed by atoms with Crippen molar-refractivity contribution < 1.29 is 9.59 Å². The first-order chi connectivity index (χ1) is 9.91. The van der Waals surface area contributed by atoms with Gasteiger partial charge in [0.1, 0.15) is 5.54 Å². The molecule has 0 bridgehead atoms. The van der Waals surface area contributed by atoms with E-state index in [2.05, 4.69) is 26.3 Å². The van der Waals surface area contributed by atoms with Crippen LogP contribution in [0.5, 0.6) is 0 Å². The van der Waals surface area contributed by atoms with E-state index in [1.54, 1.807) is 9.58 Å². The van der Waals surface area contributed by atoms with Gasteiger partial charge in [0.25, 0.3) is 5.91 Å². The highest BCUT2D eigenvalue weighted by Gasteiger charge is 2.50. The summed E-state index contributed by atoms with van der Waals surface area (Å²) < 4.78 is 2.69. The molecule has 2 heterocycles. The standard InChI is InChI=1S/C14H21BrN4O2/c1-5-9-11(15)10(18(4)17-9)8-19-13(21)16-12(20)14(19,6-2)7-3/h5-8H2,1-4H3,(H,16,20,21). The van der Waals surface area contributed by atoms with Crippen molar-refractivity contribution in [3.63, 3.8) is 0 Å². The molecule has 3 amide bonds. The largest absolute Gasteiger partial charge is 0.325 e. The fourth-order valence-corrected chi connectivity index (χ4v) is 3.66. The summed E-state index contributed by atoms with van der Waals surface area (Å²) in [5.74, 6) is -0.202. The van der Waals surface area contributed by atoms with E-state index in [9.17, 15) is 9.59 Å². The van der Waals surface area contributed by atoms with Crippen LogP contribution in [0.25, 0.3) is 0 Å². The zero-order chi connectivity index (χ0) is 15.8. The molecular formula is C14H21BrN4O2. The lowest BCUT2D eigenvalue weighted by molar-refractivity contribution is -0.127. The quantitative estimate of drug-likeness (QED) is 0.823. The van der Waals surface area contributed by atoms with Gasteiger partial charge in [0.2, 0.25) is 0 Å². The van der Waals surface area contributed by atoms with Crippen molar-refractivity contribution in [3.8, 4) is 0 Å². The van der Waals surface area contributed by atoms with Crippen LogP contribution in [-0.4, -0.2) is 32.2 Å². The Morgan fingerprint density at radius 3 is 2.33 bits per heavy atom. The Bertz CT molecular complexity index is 578. The Labute approximate surface area is 133 Å². The molecule has 1 fully saturated rings. The molecular weight excluding hydrogens is 336 g/mol. The Morgan fingerprint density at radius 2 is 1.86 bits per heavy atom. The van der Waals surface area contributed by atoms with Crippen molar-refractivity contribution in [2.24, 2.45) is 7.05 Å². The Morgan fingerprint density at radius 1 is 1.24 bits per heavy atom. The number of rotatable bonds is 5. The van der Waals surface area contributed by atoms with Crippen LogP contribution < -0.4 is 5.32 Å². The third kappa shape index (κ3) is 2.37. The molecule has 1 aliphatic heterocycles. The molecule has 1 aromatic heterocycles. The summed E-state index contributed by atoms with van der Waals surface area (Å²) in [6, 6.07) is -0.324. The number of nitrogens with zero attached hydrogens (tertiary/aromatic N) is 3. The smallest absolute Gasteiger partial charge is 0.304 e. The second kappa shape index (κ2) is 5.79. The molecule has 0 unspecified atom stereocenters. The summed E-state index contributed by atoms with van der Waals surface area (Å²) in [5.41, 5.74) is 1.10. The maximum Gasteiger partial charge on any atom is 0.325 e. The minimum absolute atomic E-state index is 0.202. The number of carbonyl (C=O) groups is 2. The number of amides is 3. The molecule has 0 spiro atoms. The number of imide groups is 1. The molecule has 0 aliphatic carbocycles. The molecule has 1 saturated heterocycles. The van der Waals surface area contributed by atoms with Crippen LogP contribution in [0, 0.1) is 0 Å². The summed E-state index contributed by atoms with van der Waals surface area (Å²) >= 11 is 3.56. The summed E-state index contributed by atoms with van der Waals surface area (Å²) in [4.78, 5) is 26.0. The SMILES string of the molecule is CCc1nn(C)c(CN2C(=O)NC(=O)C2(CC)CC)c1Br. The summed E-state index contributed by atoms with van der Waals surface area (Å²) in [5, 5.41) is 6.88. The first kappa shape index (κ1) is 16.0. The highest BCUT2D eigenvalue weighted by atomic mass is 79.9. The van der Waals surface area contributed by atoms with Gasteiger partial charge in [-0.15, -0.1) is 0 Å². The van der Waals surface area contributed by atoms with E-state index in [1.165, 1.54) is 0 Å². The van der Waals surface area contributed by atoms with Gasteiger partial charge < -0.3 is 4.90 Å². The van der Waals surface area contributed by atoms with Crippen molar-refractivity contribution in [2.45, 2.75) is 52.1 Å². The molecule has 7 heteroatoms. The zero-order valence-electron chi connectivity index (χ0n) is 12.9. The van der Waals surface area contributed by atoms with Gasteiger partial charge in [-0.2, -0.15) is 5.10 Å². The molecule has 0 aromatic carbocycles. The fourth-order valence-electron chi connectivity index (χ4n) is 2.92. The number of carbonyl (C=O) groups excluding carboxylic acids is 2. The molecule has 116 valence electrons. The average Bonchev–Trinajstić information content (AvgIpc) is 2.87. The monoisotopic (exact) mass is 356 g/mol. The van der Waals surface area contributed by atoms with Gasteiger partial charge in [-0.05, 0) is 35.2 Å². The third-order valence-corrected chi connectivity index (χ3v) is 5.30. The minimum Gasteiger partial charge on any atom is -0.304 e. The van der Waals surface area contributed by atoms with E-state index < -0.39 is 5.54 Å². The van der Waals surface area contributed by atoms with Gasteiger partial charge in [-0.3, -0.25) is 14.8 Å². The van der Waals surface area contributed by atoms with Gasteiger partial charge in [-0.1, -0.05) is 20.8 Å². The van der Waals surface area contributed by atoms with Gasteiger partial charge in [0, 0.05) is 7.05 Å². The highest BCUT2D eigenvalue weighted by molar-refractivity contribution is 9.10. The Balaban J connectivity index is 2.40. The molecule has 0 radical (unpaired) electrons. The average molecular weight is 357 g/mol. The molecule has 1 aliphatic rings. The first-order valence-corrected chi connectivity index (χ1v) is 8.03. The second-order valence-corrected chi connectivity index (χ2v) is 6.06. The normalized spacial score (nSPS) is 17.5. The summed E-state index contributed by atoms with van der Waals surface area (Å²) in [7, 11) is 1.86. The predicted molar refractivity (Wildman–Crippen MR) is 82.7 cm³/mol. The number of nitrogens with one attached hydrogen (secondary N) is 1. The first-order valence-electron chi connectivity index (χ1n) is 7.24. The number of urea groups is 1. The maximum absolute atomic E-state index is 12.2. The molecule has 1 N–H and O–H groups in total. The van der Waals surface area contributed by atoms with E-state index in [1.807, 2.05) is 27.8 Å². The van der Waals surface area contributed by atoms with Crippen molar-refractivity contribution >= 4 is 27.9 Å². The van der Waals surface area contributed by atoms with Crippen LogP contribution in [0.4, 0.5) is 4.79 Å². The van der Waals surface area contributed by atoms with Gasteiger partial charge in [0.05, 0.1) is 22.4 Å². The molecule has 2 rings (SSSR count). The molecule has 21 heavy (non-hydrogen) atoms. The lowest BCUT2D eigenvalue weighted by Gasteiger charge is -2.33. The van der Waals surface area contributed by atoms with Crippen molar-refractivity contribution in [3.05, 3.63) is 15.9 Å².